The lowest BCUT2D eigenvalue weighted by molar-refractivity contribution is 0.0659. The van der Waals surface area contributed by atoms with Crippen molar-refractivity contribution in [2.24, 2.45) is 0 Å². The van der Waals surface area contributed by atoms with Crippen molar-refractivity contribution in [3.05, 3.63) is 27.7 Å². The van der Waals surface area contributed by atoms with Gasteiger partial charge in [-0.05, 0) is 12.1 Å². The van der Waals surface area contributed by atoms with Crippen molar-refractivity contribution in [2.45, 2.75) is 0 Å². The molecule has 2 rings (SSSR count). The SMILES string of the molecule is O=C1Oc2ccc(Cl)c(Cl)c21. The third-order valence-electron chi connectivity index (χ3n) is 1.46. The molecule has 11 heavy (non-hydrogen) atoms. The molecule has 1 aromatic rings. The second-order valence-corrected chi connectivity index (χ2v) is 2.91. The normalized spacial score (nSPS) is 13.5. The first-order chi connectivity index (χ1) is 5.20. The lowest BCUT2D eigenvalue weighted by atomic mass is 10.1. The summed E-state index contributed by atoms with van der Waals surface area (Å²) in [5, 5.41) is 0.655. The number of hydrogen-bond donors (Lipinski definition) is 0. The van der Waals surface area contributed by atoms with Crippen LogP contribution in [-0.4, -0.2) is 5.97 Å². The van der Waals surface area contributed by atoms with Gasteiger partial charge in [0.05, 0.1) is 10.0 Å². The van der Waals surface area contributed by atoms with E-state index in [1.807, 2.05) is 0 Å². The molecule has 0 atom stereocenters. The number of ether oxygens (including phenoxy) is 1. The lowest BCUT2D eigenvalue weighted by Gasteiger charge is -2.18. The van der Waals surface area contributed by atoms with E-state index in [2.05, 4.69) is 4.74 Å². The molecule has 56 valence electrons. The van der Waals surface area contributed by atoms with Crippen LogP contribution in [0.1, 0.15) is 10.4 Å². The molecular formula is C7H2Cl2O2. The Kier molecular flexibility index (Phi) is 1.34. The topological polar surface area (TPSA) is 26.3 Å². The number of hydrogen-bond acceptors (Lipinski definition) is 2. The van der Waals surface area contributed by atoms with Crippen molar-refractivity contribution in [1.82, 2.24) is 0 Å². The minimum atomic E-state index is -0.410. The molecule has 1 aliphatic heterocycles. The predicted molar refractivity (Wildman–Crippen MR) is 41.4 cm³/mol. The summed E-state index contributed by atoms with van der Waals surface area (Å²) in [6.45, 7) is 0. The Hall–Kier alpha value is -0.730. The van der Waals surface area contributed by atoms with Crippen LogP contribution in [0.15, 0.2) is 12.1 Å². The van der Waals surface area contributed by atoms with E-state index in [-0.39, 0.29) is 5.02 Å². The van der Waals surface area contributed by atoms with E-state index in [0.29, 0.717) is 16.3 Å². The Morgan fingerprint density at radius 3 is 2.55 bits per heavy atom. The maximum atomic E-state index is 10.7. The molecule has 4 heteroatoms. The zero-order valence-corrected chi connectivity index (χ0v) is 6.74. The van der Waals surface area contributed by atoms with Crippen LogP contribution in [0.4, 0.5) is 0 Å². The standard InChI is InChI=1S/C7H2Cl2O2/c8-3-1-2-4-5(6(3)9)7(10)11-4/h1-2H. The number of rotatable bonds is 0. The highest BCUT2D eigenvalue weighted by Crippen LogP contribution is 2.38. The van der Waals surface area contributed by atoms with Crippen LogP contribution in [0.25, 0.3) is 0 Å². The first-order valence-electron chi connectivity index (χ1n) is 2.90. The average molecular weight is 189 g/mol. The highest BCUT2D eigenvalue weighted by atomic mass is 35.5. The Morgan fingerprint density at radius 1 is 1.27 bits per heavy atom. The highest BCUT2D eigenvalue weighted by Gasteiger charge is 2.30. The molecule has 1 aliphatic rings. The number of esters is 1. The maximum Gasteiger partial charge on any atom is 0.348 e. The van der Waals surface area contributed by atoms with Crippen LogP contribution in [0.3, 0.4) is 0 Å². The molecule has 0 radical (unpaired) electrons. The van der Waals surface area contributed by atoms with Crippen molar-refractivity contribution in [3.8, 4) is 5.75 Å². The van der Waals surface area contributed by atoms with Gasteiger partial charge in [-0.3, -0.25) is 0 Å². The largest absolute Gasteiger partial charge is 0.422 e. The van der Waals surface area contributed by atoms with Crippen LogP contribution in [0.2, 0.25) is 10.0 Å². The molecule has 0 saturated carbocycles. The summed E-state index contributed by atoms with van der Waals surface area (Å²) in [7, 11) is 0. The van der Waals surface area contributed by atoms with Crippen LogP contribution >= 0.6 is 23.2 Å². The molecule has 0 amide bonds. The van der Waals surface area contributed by atoms with E-state index >= 15 is 0 Å². The van der Waals surface area contributed by atoms with E-state index in [1.54, 1.807) is 12.1 Å². The summed E-state index contributed by atoms with van der Waals surface area (Å²) in [4.78, 5) is 10.7. The first-order valence-corrected chi connectivity index (χ1v) is 3.66. The van der Waals surface area contributed by atoms with Crippen LogP contribution in [0, 0.1) is 0 Å². The Labute approximate surface area is 72.7 Å². The molecule has 0 aromatic heterocycles. The summed E-state index contributed by atoms with van der Waals surface area (Å²) >= 11 is 11.3. The number of fused-ring (bicyclic) bond motifs is 1. The van der Waals surface area contributed by atoms with Gasteiger partial charge in [0, 0.05) is 0 Å². The van der Waals surface area contributed by atoms with Crippen molar-refractivity contribution < 1.29 is 9.53 Å². The maximum absolute atomic E-state index is 10.7. The molecule has 0 unspecified atom stereocenters. The fourth-order valence-electron chi connectivity index (χ4n) is 0.913. The van der Waals surface area contributed by atoms with E-state index in [4.69, 9.17) is 23.2 Å². The molecule has 0 bridgehead atoms. The van der Waals surface area contributed by atoms with E-state index < -0.39 is 5.97 Å². The molecule has 0 aliphatic carbocycles. The Balaban J connectivity index is 2.70. The molecule has 2 nitrogen and oxygen atoms in total. The molecule has 1 heterocycles. The molecule has 0 N–H and O–H groups in total. The van der Waals surface area contributed by atoms with E-state index in [9.17, 15) is 4.79 Å². The molecule has 0 spiro atoms. The fourth-order valence-corrected chi connectivity index (χ4v) is 1.30. The molecule has 0 saturated heterocycles. The van der Waals surface area contributed by atoms with Crippen LogP contribution in [-0.2, 0) is 0 Å². The van der Waals surface area contributed by atoms with Gasteiger partial charge in [0.25, 0.3) is 0 Å². The second-order valence-electron chi connectivity index (χ2n) is 2.12. The van der Waals surface area contributed by atoms with Crippen molar-refractivity contribution in [2.75, 3.05) is 0 Å². The second kappa shape index (κ2) is 2.13. The van der Waals surface area contributed by atoms with Gasteiger partial charge in [0.15, 0.2) is 0 Å². The number of carbonyl (C=O) groups is 1. The average Bonchev–Trinajstić information content (AvgIpc) is 1.94. The van der Waals surface area contributed by atoms with Crippen LogP contribution < -0.4 is 4.74 Å². The van der Waals surface area contributed by atoms with E-state index in [1.165, 1.54) is 0 Å². The van der Waals surface area contributed by atoms with Gasteiger partial charge < -0.3 is 4.74 Å². The third-order valence-corrected chi connectivity index (χ3v) is 2.27. The smallest absolute Gasteiger partial charge is 0.348 e. The lowest BCUT2D eigenvalue weighted by Crippen LogP contribution is -2.21. The summed E-state index contributed by atoms with van der Waals surface area (Å²) < 4.78 is 4.64. The first kappa shape index (κ1) is 6.95. The van der Waals surface area contributed by atoms with Gasteiger partial charge in [0.2, 0.25) is 0 Å². The summed E-state index contributed by atoms with van der Waals surface area (Å²) in [5.74, 6) is 0.0944. The van der Waals surface area contributed by atoms with Crippen molar-refractivity contribution in [1.29, 1.82) is 0 Å². The van der Waals surface area contributed by atoms with Gasteiger partial charge in [0.1, 0.15) is 11.3 Å². The van der Waals surface area contributed by atoms with Crippen molar-refractivity contribution in [3.63, 3.8) is 0 Å². The number of halogens is 2. The van der Waals surface area contributed by atoms with Gasteiger partial charge in [-0.25, -0.2) is 4.79 Å². The molecular weight excluding hydrogens is 187 g/mol. The minimum absolute atomic E-state index is 0.278. The summed E-state index contributed by atoms with van der Waals surface area (Å²) in [5.41, 5.74) is 0.388. The summed E-state index contributed by atoms with van der Waals surface area (Å²) in [6.07, 6.45) is 0. The van der Waals surface area contributed by atoms with Crippen LogP contribution in [0.5, 0.6) is 5.75 Å². The molecule has 0 fully saturated rings. The molecule has 1 aromatic carbocycles. The fraction of sp³-hybridized carbons (Fsp3) is 0. The Bertz CT molecular complexity index is 347. The minimum Gasteiger partial charge on any atom is -0.422 e. The highest BCUT2D eigenvalue weighted by molar-refractivity contribution is 6.44. The van der Waals surface area contributed by atoms with Gasteiger partial charge >= 0.3 is 5.97 Å². The van der Waals surface area contributed by atoms with Gasteiger partial charge in [-0.1, -0.05) is 23.2 Å². The van der Waals surface area contributed by atoms with Gasteiger partial charge in [-0.2, -0.15) is 0 Å². The third kappa shape index (κ3) is 0.832. The van der Waals surface area contributed by atoms with E-state index in [0.717, 1.165) is 0 Å². The number of carbonyl (C=O) groups excluding carboxylic acids is 1. The monoisotopic (exact) mass is 188 g/mol. The quantitative estimate of drug-likeness (QED) is 0.586. The zero-order chi connectivity index (χ0) is 8.01. The predicted octanol–water partition coefficient (Wildman–Crippen LogP) is 2.53. The Morgan fingerprint density at radius 2 is 2.00 bits per heavy atom. The zero-order valence-electron chi connectivity index (χ0n) is 5.23. The van der Waals surface area contributed by atoms with Crippen molar-refractivity contribution >= 4 is 29.2 Å². The van der Waals surface area contributed by atoms with Gasteiger partial charge in [-0.15, -0.1) is 0 Å². The summed E-state index contributed by atoms with van der Waals surface area (Å²) in [6, 6.07) is 3.21. The number of benzene rings is 1.